The third kappa shape index (κ3) is 3.86. The van der Waals surface area contributed by atoms with Gasteiger partial charge in [0.15, 0.2) is 0 Å². The monoisotopic (exact) mass is 260 g/mol. The Morgan fingerprint density at radius 3 is 2.47 bits per heavy atom. The van der Waals surface area contributed by atoms with Crippen LogP contribution in [-0.4, -0.2) is 21.7 Å². The Morgan fingerprint density at radius 2 is 1.84 bits per heavy atom. The number of aryl methyl sites for hydroxylation is 2. The highest BCUT2D eigenvalue weighted by molar-refractivity contribution is 5.55. The summed E-state index contributed by atoms with van der Waals surface area (Å²) in [6, 6.07) is 3.92. The third-order valence-corrected chi connectivity index (χ3v) is 2.64. The molecule has 0 amide bonds. The van der Waals surface area contributed by atoms with Crippen LogP contribution in [-0.2, 0) is 6.54 Å². The van der Waals surface area contributed by atoms with E-state index in [0.717, 1.165) is 23.5 Å². The van der Waals surface area contributed by atoms with Gasteiger partial charge in [-0.15, -0.1) is 0 Å². The smallest absolute Gasteiger partial charge is 0.240 e. The van der Waals surface area contributed by atoms with Gasteiger partial charge in [0, 0.05) is 17.0 Å². The van der Waals surface area contributed by atoms with Crippen molar-refractivity contribution >= 4 is 0 Å². The molecule has 0 aliphatic rings. The summed E-state index contributed by atoms with van der Waals surface area (Å²) < 4.78 is 5.24. The molecular formula is C14H20N4O. The first-order valence-electron chi connectivity index (χ1n) is 6.53. The Labute approximate surface area is 113 Å². The van der Waals surface area contributed by atoms with Gasteiger partial charge in [-0.2, -0.15) is 4.98 Å². The number of nitrogens with one attached hydrogen (secondary N) is 1. The molecule has 0 bridgehead atoms. The Bertz CT molecular complexity index is 528. The summed E-state index contributed by atoms with van der Waals surface area (Å²) in [6.45, 7) is 9.78. The van der Waals surface area contributed by atoms with Crippen molar-refractivity contribution in [3.63, 3.8) is 0 Å². The van der Waals surface area contributed by atoms with Crippen LogP contribution in [0.5, 0.6) is 0 Å². The maximum atomic E-state index is 5.24. The fourth-order valence-electron chi connectivity index (χ4n) is 1.88. The largest absolute Gasteiger partial charge is 0.338 e. The van der Waals surface area contributed by atoms with E-state index in [-0.39, 0.29) is 0 Å². The molecule has 5 nitrogen and oxygen atoms in total. The van der Waals surface area contributed by atoms with E-state index in [9.17, 15) is 0 Å². The normalized spacial score (nSPS) is 11.2. The fraction of sp³-hybridized carbons (Fsp3) is 0.500. The zero-order chi connectivity index (χ0) is 13.8. The predicted molar refractivity (Wildman–Crippen MR) is 73.5 cm³/mol. The van der Waals surface area contributed by atoms with Crippen LogP contribution in [0.1, 0.15) is 31.1 Å². The van der Waals surface area contributed by atoms with Gasteiger partial charge < -0.3 is 9.84 Å². The first-order chi connectivity index (χ1) is 9.04. The Morgan fingerprint density at radius 1 is 1.16 bits per heavy atom. The van der Waals surface area contributed by atoms with Gasteiger partial charge in [-0.05, 0) is 38.4 Å². The second-order valence-electron chi connectivity index (χ2n) is 5.18. The molecule has 0 unspecified atom stereocenters. The first kappa shape index (κ1) is 13.7. The number of hydrogen-bond acceptors (Lipinski definition) is 5. The molecule has 2 heterocycles. The summed E-state index contributed by atoms with van der Waals surface area (Å²) in [4.78, 5) is 8.73. The third-order valence-electron chi connectivity index (χ3n) is 2.64. The van der Waals surface area contributed by atoms with Crippen LogP contribution in [0.3, 0.4) is 0 Å². The number of hydrogen-bond donors (Lipinski definition) is 1. The highest BCUT2D eigenvalue weighted by Crippen LogP contribution is 2.17. The van der Waals surface area contributed by atoms with Crippen LogP contribution in [0.2, 0.25) is 0 Å². The number of rotatable bonds is 5. The zero-order valence-corrected chi connectivity index (χ0v) is 11.9. The average Bonchev–Trinajstić information content (AvgIpc) is 2.76. The molecule has 5 heteroatoms. The van der Waals surface area contributed by atoms with E-state index in [0.29, 0.717) is 24.2 Å². The maximum absolute atomic E-state index is 5.24. The van der Waals surface area contributed by atoms with Crippen LogP contribution >= 0.6 is 0 Å². The van der Waals surface area contributed by atoms with Crippen LogP contribution in [0.25, 0.3) is 11.4 Å². The quantitative estimate of drug-likeness (QED) is 0.894. The Balaban J connectivity index is 2.07. The molecule has 0 aliphatic carbocycles. The predicted octanol–water partition coefficient (Wildman–Crippen LogP) is 2.49. The minimum absolute atomic E-state index is 0.605. The van der Waals surface area contributed by atoms with Gasteiger partial charge in [-0.25, -0.2) is 0 Å². The van der Waals surface area contributed by atoms with E-state index < -0.39 is 0 Å². The molecule has 2 aromatic rings. The molecule has 0 saturated heterocycles. The van der Waals surface area contributed by atoms with Crippen molar-refractivity contribution in [3.8, 4) is 11.4 Å². The van der Waals surface area contributed by atoms with Gasteiger partial charge in [0.05, 0.1) is 6.54 Å². The summed E-state index contributed by atoms with van der Waals surface area (Å²) >= 11 is 0. The molecule has 0 radical (unpaired) electrons. The van der Waals surface area contributed by atoms with Crippen molar-refractivity contribution in [1.29, 1.82) is 0 Å². The van der Waals surface area contributed by atoms with E-state index in [1.54, 1.807) is 0 Å². The molecule has 0 fully saturated rings. The fourth-order valence-corrected chi connectivity index (χ4v) is 1.88. The molecule has 2 aromatic heterocycles. The van der Waals surface area contributed by atoms with Crippen LogP contribution in [0.15, 0.2) is 16.7 Å². The first-order valence-corrected chi connectivity index (χ1v) is 6.53. The topological polar surface area (TPSA) is 63.8 Å². The molecular weight excluding hydrogens is 240 g/mol. The lowest BCUT2D eigenvalue weighted by atomic mass is 10.2. The standard InChI is InChI=1S/C14H20N4O/c1-9(2)7-15-8-13-17-14(18-19-13)12-5-10(3)16-11(4)6-12/h5-6,9,15H,7-8H2,1-4H3. The maximum Gasteiger partial charge on any atom is 0.240 e. The van der Waals surface area contributed by atoms with Gasteiger partial charge in [-0.1, -0.05) is 19.0 Å². The lowest BCUT2D eigenvalue weighted by Crippen LogP contribution is -2.19. The van der Waals surface area contributed by atoms with Crippen molar-refractivity contribution in [3.05, 3.63) is 29.4 Å². The Kier molecular flexibility index (Phi) is 4.27. The highest BCUT2D eigenvalue weighted by Gasteiger charge is 2.09. The molecule has 0 atom stereocenters. The second kappa shape index (κ2) is 5.93. The summed E-state index contributed by atoms with van der Waals surface area (Å²) in [7, 11) is 0. The molecule has 0 aliphatic heterocycles. The highest BCUT2D eigenvalue weighted by atomic mass is 16.5. The minimum Gasteiger partial charge on any atom is -0.338 e. The van der Waals surface area contributed by atoms with Gasteiger partial charge in [-0.3, -0.25) is 4.98 Å². The molecule has 0 saturated carbocycles. The van der Waals surface area contributed by atoms with Crippen molar-refractivity contribution < 1.29 is 4.52 Å². The van der Waals surface area contributed by atoms with Crippen LogP contribution in [0, 0.1) is 19.8 Å². The van der Waals surface area contributed by atoms with Gasteiger partial charge in [0.25, 0.3) is 0 Å². The Hall–Kier alpha value is -1.75. The molecule has 2 rings (SSSR count). The van der Waals surface area contributed by atoms with Crippen molar-refractivity contribution in [2.45, 2.75) is 34.2 Å². The SMILES string of the molecule is Cc1cc(-c2noc(CNCC(C)C)n2)cc(C)n1. The van der Waals surface area contributed by atoms with Gasteiger partial charge in [0.2, 0.25) is 11.7 Å². The van der Waals surface area contributed by atoms with E-state index >= 15 is 0 Å². The van der Waals surface area contributed by atoms with Crippen LogP contribution < -0.4 is 5.32 Å². The summed E-state index contributed by atoms with van der Waals surface area (Å²) in [6.07, 6.45) is 0. The molecule has 0 spiro atoms. The summed E-state index contributed by atoms with van der Waals surface area (Å²) in [5.41, 5.74) is 2.86. The number of aromatic nitrogens is 3. The van der Waals surface area contributed by atoms with Crippen molar-refractivity contribution in [1.82, 2.24) is 20.4 Å². The van der Waals surface area contributed by atoms with Crippen molar-refractivity contribution in [2.24, 2.45) is 5.92 Å². The lowest BCUT2D eigenvalue weighted by Gasteiger charge is -2.03. The van der Waals surface area contributed by atoms with E-state index in [1.165, 1.54) is 0 Å². The van der Waals surface area contributed by atoms with E-state index in [4.69, 9.17) is 4.52 Å². The summed E-state index contributed by atoms with van der Waals surface area (Å²) in [5.74, 6) is 1.84. The number of pyridine rings is 1. The zero-order valence-electron chi connectivity index (χ0n) is 11.9. The second-order valence-corrected chi connectivity index (χ2v) is 5.18. The van der Waals surface area contributed by atoms with Gasteiger partial charge in [0.1, 0.15) is 0 Å². The summed E-state index contributed by atoms with van der Waals surface area (Å²) in [5, 5.41) is 7.29. The van der Waals surface area contributed by atoms with E-state index in [1.807, 2.05) is 26.0 Å². The molecule has 19 heavy (non-hydrogen) atoms. The lowest BCUT2D eigenvalue weighted by molar-refractivity contribution is 0.364. The van der Waals surface area contributed by atoms with Crippen molar-refractivity contribution in [2.75, 3.05) is 6.54 Å². The molecule has 0 aromatic carbocycles. The number of nitrogens with zero attached hydrogens (tertiary/aromatic N) is 3. The molecule has 1 N–H and O–H groups in total. The van der Waals surface area contributed by atoms with Gasteiger partial charge >= 0.3 is 0 Å². The average molecular weight is 260 g/mol. The van der Waals surface area contributed by atoms with Crippen LogP contribution in [0.4, 0.5) is 0 Å². The van der Waals surface area contributed by atoms with E-state index in [2.05, 4.69) is 34.3 Å². The minimum atomic E-state index is 0.605. The molecule has 102 valence electrons.